The van der Waals surface area contributed by atoms with Gasteiger partial charge in [0, 0.05) is 12.1 Å². The zero-order valence-electron chi connectivity index (χ0n) is 10.3. The zero-order valence-corrected chi connectivity index (χ0v) is 11.2. The topological polar surface area (TPSA) is 81.4 Å². The maximum atomic E-state index is 12.2. The molecule has 0 saturated heterocycles. The van der Waals surface area contributed by atoms with Crippen LogP contribution in [0.2, 0.25) is 0 Å². The van der Waals surface area contributed by atoms with E-state index < -0.39 is 10.0 Å². The summed E-state index contributed by atoms with van der Waals surface area (Å²) >= 11 is 0. The summed E-state index contributed by atoms with van der Waals surface area (Å²) in [6, 6.07) is 4.63. The van der Waals surface area contributed by atoms with E-state index in [1.807, 2.05) is 0 Å². The molecular weight excluding hydrogens is 252 g/mol. The fraction of sp³-hybridized carbons (Fsp3) is 0.500. The highest BCUT2D eigenvalue weighted by Crippen LogP contribution is 2.25. The van der Waals surface area contributed by atoms with Gasteiger partial charge >= 0.3 is 0 Å². The number of anilines is 1. The van der Waals surface area contributed by atoms with Crippen molar-refractivity contribution in [3.05, 3.63) is 18.2 Å². The molecule has 0 atom stereocenters. The Morgan fingerprint density at radius 1 is 1.33 bits per heavy atom. The lowest BCUT2D eigenvalue weighted by molar-refractivity contribution is 0.414. The third-order valence-corrected chi connectivity index (χ3v) is 4.78. The lowest BCUT2D eigenvalue weighted by Crippen LogP contribution is -2.33. The molecule has 0 bridgehead atoms. The van der Waals surface area contributed by atoms with Crippen LogP contribution < -0.4 is 15.2 Å². The Bertz CT molecular complexity index is 522. The molecule has 3 N–H and O–H groups in total. The van der Waals surface area contributed by atoms with E-state index in [-0.39, 0.29) is 16.6 Å². The van der Waals surface area contributed by atoms with E-state index in [1.165, 1.54) is 19.2 Å². The Hall–Kier alpha value is -1.27. The van der Waals surface area contributed by atoms with Crippen LogP contribution in [0.4, 0.5) is 5.69 Å². The first-order chi connectivity index (χ1) is 8.53. The molecular formula is C12H18N2O3S. The second kappa shape index (κ2) is 5.16. The molecule has 0 amide bonds. The predicted molar refractivity (Wildman–Crippen MR) is 70.0 cm³/mol. The molecule has 1 saturated carbocycles. The zero-order chi connectivity index (χ0) is 13.2. The van der Waals surface area contributed by atoms with Crippen LogP contribution in [-0.4, -0.2) is 21.6 Å². The quantitative estimate of drug-likeness (QED) is 0.812. The van der Waals surface area contributed by atoms with Crippen LogP contribution in [0.15, 0.2) is 23.1 Å². The van der Waals surface area contributed by atoms with Crippen LogP contribution in [0, 0.1) is 0 Å². The number of hydrogen-bond acceptors (Lipinski definition) is 4. The molecule has 1 fully saturated rings. The van der Waals surface area contributed by atoms with Crippen molar-refractivity contribution >= 4 is 15.7 Å². The number of ether oxygens (including phenoxy) is 1. The van der Waals surface area contributed by atoms with Crippen molar-refractivity contribution in [2.45, 2.75) is 36.6 Å². The molecule has 0 aliphatic heterocycles. The lowest BCUT2D eigenvalue weighted by atomic mass is 10.3. The number of rotatable bonds is 4. The van der Waals surface area contributed by atoms with Gasteiger partial charge in [-0.15, -0.1) is 0 Å². The number of nitrogen functional groups attached to an aromatic ring is 1. The van der Waals surface area contributed by atoms with Crippen molar-refractivity contribution in [1.29, 1.82) is 0 Å². The fourth-order valence-electron chi connectivity index (χ4n) is 2.22. The standard InChI is InChI=1S/C12H18N2O3S/c1-17-10-6-7-12(11(13)8-10)18(15,16)14-9-4-2-3-5-9/h6-9,14H,2-5,13H2,1H3. The van der Waals surface area contributed by atoms with Crippen molar-refractivity contribution in [3.8, 4) is 5.75 Å². The predicted octanol–water partition coefficient (Wildman–Crippen LogP) is 1.50. The molecule has 0 unspecified atom stereocenters. The molecule has 1 aliphatic carbocycles. The summed E-state index contributed by atoms with van der Waals surface area (Å²) in [5.74, 6) is 0.548. The number of nitrogens with two attached hydrogens (primary N) is 1. The molecule has 1 aromatic carbocycles. The van der Waals surface area contributed by atoms with Crippen molar-refractivity contribution in [1.82, 2.24) is 4.72 Å². The molecule has 0 radical (unpaired) electrons. The molecule has 0 aromatic heterocycles. The average Bonchev–Trinajstić information content (AvgIpc) is 2.80. The Kier molecular flexibility index (Phi) is 3.77. The van der Waals surface area contributed by atoms with E-state index in [9.17, 15) is 8.42 Å². The van der Waals surface area contributed by atoms with Gasteiger partial charge in [-0.1, -0.05) is 12.8 Å². The van der Waals surface area contributed by atoms with Gasteiger partial charge in [0.15, 0.2) is 0 Å². The van der Waals surface area contributed by atoms with E-state index >= 15 is 0 Å². The number of methoxy groups -OCH3 is 1. The van der Waals surface area contributed by atoms with E-state index in [4.69, 9.17) is 10.5 Å². The van der Waals surface area contributed by atoms with Crippen molar-refractivity contribution in [3.63, 3.8) is 0 Å². The molecule has 1 aliphatic rings. The molecule has 1 aromatic rings. The maximum Gasteiger partial charge on any atom is 0.242 e. The SMILES string of the molecule is COc1ccc(S(=O)(=O)NC2CCCC2)c(N)c1. The molecule has 18 heavy (non-hydrogen) atoms. The number of benzene rings is 1. The molecule has 6 heteroatoms. The van der Waals surface area contributed by atoms with Gasteiger partial charge in [-0.3, -0.25) is 0 Å². The summed E-state index contributed by atoms with van der Waals surface area (Å²) in [5.41, 5.74) is 5.97. The van der Waals surface area contributed by atoms with Gasteiger partial charge in [0.05, 0.1) is 12.8 Å². The summed E-state index contributed by atoms with van der Waals surface area (Å²) in [7, 11) is -2.02. The summed E-state index contributed by atoms with van der Waals surface area (Å²) in [6.07, 6.45) is 3.95. The Balaban J connectivity index is 2.23. The average molecular weight is 270 g/mol. The second-order valence-corrected chi connectivity index (χ2v) is 6.19. The molecule has 0 spiro atoms. The van der Waals surface area contributed by atoms with Gasteiger partial charge in [0.1, 0.15) is 10.6 Å². The summed E-state index contributed by atoms with van der Waals surface area (Å²) < 4.78 is 32.1. The smallest absolute Gasteiger partial charge is 0.242 e. The number of nitrogens with one attached hydrogen (secondary N) is 1. The summed E-state index contributed by atoms with van der Waals surface area (Å²) in [5, 5.41) is 0. The van der Waals surface area contributed by atoms with Gasteiger partial charge in [-0.25, -0.2) is 13.1 Å². The highest BCUT2D eigenvalue weighted by Gasteiger charge is 2.24. The maximum absolute atomic E-state index is 12.2. The van der Waals surface area contributed by atoms with Gasteiger partial charge < -0.3 is 10.5 Å². The van der Waals surface area contributed by atoms with Crippen LogP contribution in [0.1, 0.15) is 25.7 Å². The summed E-state index contributed by atoms with van der Waals surface area (Å²) in [6.45, 7) is 0. The molecule has 0 heterocycles. The minimum absolute atomic E-state index is 0.0384. The highest BCUT2D eigenvalue weighted by atomic mass is 32.2. The minimum Gasteiger partial charge on any atom is -0.497 e. The van der Waals surface area contributed by atoms with Crippen LogP contribution in [-0.2, 0) is 10.0 Å². The normalized spacial score (nSPS) is 16.9. The van der Waals surface area contributed by atoms with Crippen LogP contribution in [0.3, 0.4) is 0 Å². The van der Waals surface area contributed by atoms with Gasteiger partial charge in [-0.2, -0.15) is 0 Å². The first-order valence-electron chi connectivity index (χ1n) is 5.99. The fourth-order valence-corrected chi connectivity index (χ4v) is 3.64. The number of sulfonamides is 1. The van der Waals surface area contributed by atoms with Gasteiger partial charge in [0.25, 0.3) is 0 Å². The Labute approximate surface area is 107 Å². The third kappa shape index (κ3) is 2.76. The van der Waals surface area contributed by atoms with Crippen molar-refractivity contribution < 1.29 is 13.2 Å². The molecule has 100 valence electrons. The van der Waals surface area contributed by atoms with Gasteiger partial charge in [-0.05, 0) is 25.0 Å². The first-order valence-corrected chi connectivity index (χ1v) is 7.47. The van der Waals surface area contributed by atoms with Crippen LogP contribution in [0.25, 0.3) is 0 Å². The highest BCUT2D eigenvalue weighted by molar-refractivity contribution is 7.89. The van der Waals surface area contributed by atoms with Crippen molar-refractivity contribution in [2.75, 3.05) is 12.8 Å². The lowest BCUT2D eigenvalue weighted by Gasteiger charge is -2.14. The van der Waals surface area contributed by atoms with E-state index in [0.29, 0.717) is 5.75 Å². The number of hydrogen-bond donors (Lipinski definition) is 2. The van der Waals surface area contributed by atoms with E-state index in [2.05, 4.69) is 4.72 Å². The second-order valence-electron chi connectivity index (χ2n) is 4.51. The first kappa shape index (κ1) is 13.2. The Morgan fingerprint density at radius 2 is 2.00 bits per heavy atom. The van der Waals surface area contributed by atoms with Crippen molar-refractivity contribution in [2.24, 2.45) is 0 Å². The third-order valence-electron chi connectivity index (χ3n) is 3.18. The van der Waals surface area contributed by atoms with E-state index in [1.54, 1.807) is 6.07 Å². The monoisotopic (exact) mass is 270 g/mol. The van der Waals surface area contributed by atoms with Gasteiger partial charge in [0.2, 0.25) is 10.0 Å². The van der Waals surface area contributed by atoms with Crippen LogP contribution in [0.5, 0.6) is 5.75 Å². The van der Waals surface area contributed by atoms with E-state index in [0.717, 1.165) is 25.7 Å². The molecule has 2 rings (SSSR count). The summed E-state index contributed by atoms with van der Waals surface area (Å²) in [4.78, 5) is 0.121. The Morgan fingerprint density at radius 3 is 2.56 bits per heavy atom. The molecule has 5 nitrogen and oxygen atoms in total. The minimum atomic E-state index is -3.53. The van der Waals surface area contributed by atoms with Crippen LogP contribution >= 0.6 is 0 Å². The largest absolute Gasteiger partial charge is 0.497 e.